The molecule has 0 aliphatic rings. The Morgan fingerprint density at radius 1 is 1.65 bits per heavy atom. The fourth-order valence-corrected chi connectivity index (χ4v) is 1.25. The van der Waals surface area contributed by atoms with Crippen molar-refractivity contribution in [3.8, 4) is 0 Å². The number of carbonyl (C=O) groups excluding carboxylic acids is 1. The minimum atomic E-state index is -3.80. The van der Waals surface area contributed by atoms with Crippen LogP contribution >= 0.6 is 11.6 Å². The zero-order valence-electron chi connectivity index (χ0n) is 8.99. The van der Waals surface area contributed by atoms with Gasteiger partial charge in [0.1, 0.15) is 11.2 Å². The average Bonchev–Trinajstić information content (AvgIpc) is 2.29. The SMILES string of the molecule is CCOC(=O)C(F)(F)[C@@H](N)c1ccc(Cl)nc1. The van der Waals surface area contributed by atoms with Crippen molar-refractivity contribution in [2.75, 3.05) is 6.61 Å². The maximum absolute atomic E-state index is 13.5. The van der Waals surface area contributed by atoms with Crippen molar-refractivity contribution in [3.05, 3.63) is 29.0 Å². The van der Waals surface area contributed by atoms with Gasteiger partial charge in [0.2, 0.25) is 0 Å². The Bertz CT molecular complexity index is 398. The third kappa shape index (κ3) is 3.10. The van der Waals surface area contributed by atoms with Crippen molar-refractivity contribution in [2.24, 2.45) is 5.73 Å². The highest BCUT2D eigenvalue weighted by molar-refractivity contribution is 6.29. The number of nitrogens with two attached hydrogens (primary N) is 1. The van der Waals surface area contributed by atoms with Crippen LogP contribution in [0.25, 0.3) is 0 Å². The number of nitrogens with zero attached hydrogens (tertiary/aromatic N) is 1. The van der Waals surface area contributed by atoms with Crippen LogP contribution in [0.4, 0.5) is 8.78 Å². The average molecular weight is 265 g/mol. The van der Waals surface area contributed by atoms with Gasteiger partial charge >= 0.3 is 11.9 Å². The molecular weight excluding hydrogens is 254 g/mol. The number of esters is 1. The van der Waals surface area contributed by atoms with E-state index < -0.39 is 17.9 Å². The first kappa shape index (κ1) is 13.8. The second-order valence-electron chi connectivity index (χ2n) is 3.24. The number of carbonyl (C=O) groups is 1. The zero-order chi connectivity index (χ0) is 13.1. The van der Waals surface area contributed by atoms with Crippen LogP contribution in [0.1, 0.15) is 18.5 Å². The lowest BCUT2D eigenvalue weighted by Gasteiger charge is -2.21. The Morgan fingerprint density at radius 2 is 2.29 bits per heavy atom. The van der Waals surface area contributed by atoms with Gasteiger partial charge in [-0.05, 0) is 18.6 Å². The summed E-state index contributed by atoms with van der Waals surface area (Å²) in [6.07, 6.45) is 1.10. The highest BCUT2D eigenvalue weighted by atomic mass is 35.5. The monoisotopic (exact) mass is 264 g/mol. The third-order valence-electron chi connectivity index (χ3n) is 2.05. The van der Waals surface area contributed by atoms with Crippen LogP contribution in [0, 0.1) is 0 Å². The summed E-state index contributed by atoms with van der Waals surface area (Å²) in [4.78, 5) is 14.7. The second-order valence-corrected chi connectivity index (χ2v) is 3.62. The van der Waals surface area contributed by atoms with Crippen molar-refractivity contribution < 1.29 is 18.3 Å². The Balaban J connectivity index is 2.91. The number of hydrogen-bond acceptors (Lipinski definition) is 4. The first-order valence-corrected chi connectivity index (χ1v) is 5.19. The molecule has 0 aromatic carbocycles. The lowest BCUT2D eigenvalue weighted by Crippen LogP contribution is -2.41. The van der Waals surface area contributed by atoms with E-state index in [1.165, 1.54) is 19.1 Å². The molecular formula is C10H11ClF2N2O2. The van der Waals surface area contributed by atoms with Gasteiger partial charge in [0.25, 0.3) is 0 Å². The van der Waals surface area contributed by atoms with Crippen molar-refractivity contribution in [2.45, 2.75) is 18.9 Å². The van der Waals surface area contributed by atoms with Crippen molar-refractivity contribution in [1.29, 1.82) is 0 Å². The molecule has 0 spiro atoms. The number of rotatable bonds is 4. The van der Waals surface area contributed by atoms with Crippen LogP contribution in [0.3, 0.4) is 0 Å². The summed E-state index contributed by atoms with van der Waals surface area (Å²) in [5.74, 6) is -5.45. The molecule has 0 bridgehead atoms. The van der Waals surface area contributed by atoms with E-state index in [9.17, 15) is 13.6 Å². The topological polar surface area (TPSA) is 65.2 Å². The molecule has 1 aromatic rings. The maximum atomic E-state index is 13.5. The van der Waals surface area contributed by atoms with Crippen LogP contribution < -0.4 is 5.73 Å². The van der Waals surface area contributed by atoms with Gasteiger partial charge in [-0.25, -0.2) is 9.78 Å². The highest BCUT2D eigenvalue weighted by Gasteiger charge is 2.47. The van der Waals surface area contributed by atoms with E-state index in [2.05, 4.69) is 9.72 Å². The summed E-state index contributed by atoms with van der Waals surface area (Å²) in [6, 6.07) is 0.789. The standard InChI is InChI=1S/C10H11ClF2N2O2/c1-2-17-9(16)10(12,13)8(14)6-3-4-7(11)15-5-6/h3-5,8H,2,14H2,1H3/t8-/m0/s1. The molecule has 1 aromatic heterocycles. The van der Waals surface area contributed by atoms with Gasteiger partial charge in [-0.2, -0.15) is 8.78 Å². The lowest BCUT2D eigenvalue weighted by atomic mass is 10.0. The van der Waals surface area contributed by atoms with E-state index in [0.717, 1.165) is 6.20 Å². The van der Waals surface area contributed by atoms with E-state index in [1.54, 1.807) is 0 Å². The highest BCUT2D eigenvalue weighted by Crippen LogP contribution is 2.30. The van der Waals surface area contributed by atoms with Crippen LogP contribution in [0.2, 0.25) is 5.15 Å². The molecule has 0 saturated carbocycles. The fourth-order valence-electron chi connectivity index (χ4n) is 1.13. The van der Waals surface area contributed by atoms with Gasteiger partial charge in [0.05, 0.1) is 6.61 Å². The summed E-state index contributed by atoms with van der Waals surface area (Å²) in [7, 11) is 0. The van der Waals surface area contributed by atoms with Gasteiger partial charge in [0, 0.05) is 6.20 Å². The maximum Gasteiger partial charge on any atom is 0.379 e. The molecule has 0 amide bonds. The van der Waals surface area contributed by atoms with E-state index in [-0.39, 0.29) is 17.3 Å². The minimum Gasteiger partial charge on any atom is -0.462 e. The smallest absolute Gasteiger partial charge is 0.379 e. The fraction of sp³-hybridized carbons (Fsp3) is 0.400. The lowest BCUT2D eigenvalue weighted by molar-refractivity contribution is -0.174. The predicted molar refractivity (Wildman–Crippen MR) is 57.8 cm³/mol. The first-order chi connectivity index (χ1) is 7.89. The number of hydrogen-bond donors (Lipinski definition) is 1. The Morgan fingerprint density at radius 3 is 2.76 bits per heavy atom. The van der Waals surface area contributed by atoms with E-state index in [0.29, 0.717) is 0 Å². The molecule has 0 aliphatic carbocycles. The molecule has 2 N–H and O–H groups in total. The predicted octanol–water partition coefficient (Wildman–Crippen LogP) is 1.93. The first-order valence-electron chi connectivity index (χ1n) is 4.81. The molecule has 0 radical (unpaired) electrons. The largest absolute Gasteiger partial charge is 0.462 e. The molecule has 0 aliphatic heterocycles. The minimum absolute atomic E-state index is 0.00690. The quantitative estimate of drug-likeness (QED) is 0.667. The van der Waals surface area contributed by atoms with Crippen molar-refractivity contribution >= 4 is 17.6 Å². The summed E-state index contributed by atoms with van der Waals surface area (Å²) < 4.78 is 31.3. The molecule has 94 valence electrons. The normalized spacial score (nSPS) is 13.2. The molecule has 4 nitrogen and oxygen atoms in total. The molecule has 1 atom stereocenters. The zero-order valence-corrected chi connectivity index (χ0v) is 9.75. The van der Waals surface area contributed by atoms with Crippen LogP contribution in [0.5, 0.6) is 0 Å². The van der Waals surface area contributed by atoms with Crippen LogP contribution in [0.15, 0.2) is 18.3 Å². The molecule has 7 heteroatoms. The summed E-state index contributed by atoms with van der Waals surface area (Å²) >= 11 is 5.51. The summed E-state index contributed by atoms with van der Waals surface area (Å²) in [6.45, 7) is 1.30. The van der Waals surface area contributed by atoms with Gasteiger partial charge in [-0.3, -0.25) is 0 Å². The van der Waals surface area contributed by atoms with Crippen LogP contribution in [-0.4, -0.2) is 23.5 Å². The molecule has 1 heterocycles. The third-order valence-corrected chi connectivity index (χ3v) is 2.27. The molecule has 0 saturated heterocycles. The Labute approximate surface area is 102 Å². The van der Waals surface area contributed by atoms with E-state index in [1.807, 2.05) is 0 Å². The molecule has 0 fully saturated rings. The van der Waals surface area contributed by atoms with Gasteiger partial charge in [-0.1, -0.05) is 17.7 Å². The Hall–Kier alpha value is -1.27. The Kier molecular flexibility index (Phi) is 4.36. The second kappa shape index (κ2) is 5.37. The van der Waals surface area contributed by atoms with E-state index in [4.69, 9.17) is 17.3 Å². The summed E-state index contributed by atoms with van der Waals surface area (Å²) in [5, 5.41) is 0.153. The summed E-state index contributed by atoms with van der Waals surface area (Å²) in [5.41, 5.74) is 5.33. The van der Waals surface area contributed by atoms with Crippen LogP contribution in [-0.2, 0) is 9.53 Å². The van der Waals surface area contributed by atoms with Gasteiger partial charge in [0.15, 0.2) is 0 Å². The number of ether oxygens (including phenoxy) is 1. The van der Waals surface area contributed by atoms with Crippen molar-refractivity contribution in [3.63, 3.8) is 0 Å². The van der Waals surface area contributed by atoms with Gasteiger partial charge in [-0.15, -0.1) is 0 Å². The number of alkyl halides is 2. The van der Waals surface area contributed by atoms with Gasteiger partial charge < -0.3 is 10.5 Å². The number of pyridine rings is 1. The number of halogens is 3. The molecule has 0 unspecified atom stereocenters. The molecule has 17 heavy (non-hydrogen) atoms. The number of aromatic nitrogens is 1. The van der Waals surface area contributed by atoms with E-state index >= 15 is 0 Å². The van der Waals surface area contributed by atoms with Crippen molar-refractivity contribution in [1.82, 2.24) is 4.98 Å². The molecule has 1 rings (SSSR count).